The quantitative estimate of drug-likeness (QED) is 0.371. The van der Waals surface area contributed by atoms with Gasteiger partial charge in [0.15, 0.2) is 12.7 Å². The summed E-state index contributed by atoms with van der Waals surface area (Å²) in [6.45, 7) is 7.10. The van der Waals surface area contributed by atoms with Crippen LogP contribution < -0.4 is 0 Å². The smallest absolute Gasteiger partial charge is 0.333 e. The summed E-state index contributed by atoms with van der Waals surface area (Å²) in [5.74, 6) is -3.17. The van der Waals surface area contributed by atoms with E-state index in [1.54, 1.807) is 6.92 Å². The van der Waals surface area contributed by atoms with E-state index < -0.39 is 36.2 Å². The van der Waals surface area contributed by atoms with Crippen LogP contribution in [0.4, 0.5) is 0 Å². The lowest BCUT2D eigenvalue weighted by Crippen LogP contribution is -2.35. The minimum Gasteiger partial charge on any atom is -0.457 e. The Morgan fingerprint density at radius 3 is 2.16 bits per heavy atom. The van der Waals surface area contributed by atoms with Gasteiger partial charge in [0.2, 0.25) is 11.6 Å². The van der Waals surface area contributed by atoms with E-state index in [2.05, 4.69) is 11.3 Å². The molecule has 0 radical (unpaired) electrons. The van der Waals surface area contributed by atoms with E-state index in [-0.39, 0.29) is 12.0 Å². The molecule has 0 aromatic rings. The Balaban J connectivity index is 4.64. The number of ether oxygens (including phenoxy) is 2. The Kier molecular flexibility index (Phi) is 7.33. The van der Waals surface area contributed by atoms with Gasteiger partial charge in [-0.25, -0.2) is 4.79 Å². The number of Topliss-reactive ketones (excluding diaryl/α,β-unsaturated/α-hetero) is 2. The van der Waals surface area contributed by atoms with Gasteiger partial charge in [-0.2, -0.15) is 0 Å². The molecule has 0 N–H and O–H groups in total. The maximum absolute atomic E-state index is 11.8. The normalized spacial score (nSPS) is 11.3. The maximum atomic E-state index is 11.8. The summed E-state index contributed by atoms with van der Waals surface area (Å²) in [6, 6.07) is 0. The van der Waals surface area contributed by atoms with Crippen molar-refractivity contribution in [2.24, 2.45) is 0 Å². The standard InChI is InChI=1S/C13H18O6/c1-5-6-11(19-13(17)8(2)3)12(16)10(15)7-18-9(4)14/h11H,2,5-7H2,1,3-4H3. The Morgan fingerprint density at radius 1 is 1.16 bits per heavy atom. The molecule has 0 aliphatic rings. The van der Waals surface area contributed by atoms with Crippen LogP contribution in [0.15, 0.2) is 12.2 Å². The molecule has 106 valence electrons. The molecular formula is C13H18O6. The highest BCUT2D eigenvalue weighted by Crippen LogP contribution is 2.08. The number of carbonyl (C=O) groups is 4. The molecule has 0 amide bonds. The molecule has 6 heteroatoms. The second-order valence-corrected chi connectivity index (χ2v) is 4.03. The van der Waals surface area contributed by atoms with E-state index in [1.165, 1.54) is 6.92 Å². The van der Waals surface area contributed by atoms with E-state index in [1.807, 2.05) is 0 Å². The van der Waals surface area contributed by atoms with Gasteiger partial charge in [-0.15, -0.1) is 0 Å². The Labute approximate surface area is 111 Å². The summed E-state index contributed by atoms with van der Waals surface area (Å²) >= 11 is 0. The van der Waals surface area contributed by atoms with Gasteiger partial charge >= 0.3 is 11.9 Å². The minimum atomic E-state index is -1.16. The molecule has 0 heterocycles. The topological polar surface area (TPSA) is 86.7 Å². The fourth-order valence-corrected chi connectivity index (χ4v) is 1.15. The number of carbonyl (C=O) groups excluding carboxylic acids is 4. The predicted octanol–water partition coefficient (Wildman–Crippen LogP) is 0.976. The van der Waals surface area contributed by atoms with Gasteiger partial charge in [-0.05, 0) is 13.3 Å². The van der Waals surface area contributed by atoms with E-state index in [9.17, 15) is 19.2 Å². The van der Waals surface area contributed by atoms with Crippen LogP contribution in [0.1, 0.15) is 33.6 Å². The fraction of sp³-hybridized carbons (Fsp3) is 0.538. The number of hydrogen-bond acceptors (Lipinski definition) is 6. The van der Waals surface area contributed by atoms with Crippen molar-refractivity contribution in [1.29, 1.82) is 0 Å². The monoisotopic (exact) mass is 270 g/mol. The van der Waals surface area contributed by atoms with E-state index in [0.717, 1.165) is 6.92 Å². The highest BCUT2D eigenvalue weighted by atomic mass is 16.6. The van der Waals surface area contributed by atoms with Gasteiger partial charge in [0, 0.05) is 12.5 Å². The van der Waals surface area contributed by atoms with Crippen molar-refractivity contribution in [3.63, 3.8) is 0 Å². The van der Waals surface area contributed by atoms with Crippen molar-refractivity contribution in [2.75, 3.05) is 6.61 Å². The zero-order chi connectivity index (χ0) is 15.0. The third kappa shape index (κ3) is 6.49. The van der Waals surface area contributed by atoms with E-state index >= 15 is 0 Å². The van der Waals surface area contributed by atoms with Gasteiger partial charge in [0.25, 0.3) is 0 Å². The first-order valence-corrected chi connectivity index (χ1v) is 5.86. The van der Waals surface area contributed by atoms with Gasteiger partial charge in [-0.3, -0.25) is 14.4 Å². The molecule has 0 saturated carbocycles. The van der Waals surface area contributed by atoms with E-state index in [4.69, 9.17) is 4.74 Å². The zero-order valence-corrected chi connectivity index (χ0v) is 11.4. The molecule has 0 fully saturated rings. The first-order chi connectivity index (χ1) is 8.79. The number of esters is 2. The van der Waals surface area contributed by atoms with Crippen molar-refractivity contribution in [3.8, 4) is 0 Å². The largest absolute Gasteiger partial charge is 0.457 e. The first kappa shape index (κ1) is 17.0. The van der Waals surface area contributed by atoms with Crippen molar-refractivity contribution < 1.29 is 28.7 Å². The van der Waals surface area contributed by atoms with Crippen LogP contribution in [0.3, 0.4) is 0 Å². The molecule has 0 rings (SSSR count). The third-order valence-electron chi connectivity index (χ3n) is 2.12. The highest BCUT2D eigenvalue weighted by Gasteiger charge is 2.28. The number of hydrogen-bond donors (Lipinski definition) is 0. The highest BCUT2D eigenvalue weighted by molar-refractivity contribution is 6.39. The third-order valence-corrected chi connectivity index (χ3v) is 2.12. The first-order valence-electron chi connectivity index (χ1n) is 5.86. The molecule has 1 unspecified atom stereocenters. The molecule has 0 aromatic carbocycles. The Bertz CT molecular complexity index is 396. The summed E-state index contributed by atoms with van der Waals surface area (Å²) in [4.78, 5) is 45.1. The van der Waals surface area contributed by atoms with Crippen molar-refractivity contribution in [2.45, 2.75) is 39.7 Å². The Hall–Kier alpha value is -1.98. The van der Waals surface area contributed by atoms with Crippen LogP contribution >= 0.6 is 0 Å². The molecule has 0 aliphatic heterocycles. The van der Waals surface area contributed by atoms with Gasteiger partial charge in [-0.1, -0.05) is 19.9 Å². The lowest BCUT2D eigenvalue weighted by atomic mass is 10.1. The number of ketones is 2. The predicted molar refractivity (Wildman–Crippen MR) is 66.2 cm³/mol. The van der Waals surface area contributed by atoms with Crippen LogP contribution in [-0.2, 0) is 28.7 Å². The fourth-order valence-electron chi connectivity index (χ4n) is 1.15. The molecule has 0 aromatic heterocycles. The van der Waals surface area contributed by atoms with Crippen LogP contribution in [0.2, 0.25) is 0 Å². The molecule has 0 saturated heterocycles. The zero-order valence-electron chi connectivity index (χ0n) is 11.4. The van der Waals surface area contributed by atoms with Crippen LogP contribution in [-0.4, -0.2) is 36.2 Å². The minimum absolute atomic E-state index is 0.140. The number of rotatable bonds is 8. The van der Waals surface area contributed by atoms with Gasteiger partial charge in [0.1, 0.15) is 0 Å². The van der Waals surface area contributed by atoms with Crippen LogP contribution in [0.5, 0.6) is 0 Å². The summed E-state index contributed by atoms with van der Waals surface area (Å²) < 4.78 is 9.33. The van der Waals surface area contributed by atoms with Crippen molar-refractivity contribution in [3.05, 3.63) is 12.2 Å². The molecule has 19 heavy (non-hydrogen) atoms. The SMILES string of the molecule is C=C(C)C(=O)OC(CCC)C(=O)C(=O)COC(C)=O. The molecule has 6 nitrogen and oxygen atoms in total. The lowest BCUT2D eigenvalue weighted by molar-refractivity contribution is -0.157. The summed E-state index contributed by atoms with van der Waals surface area (Å²) in [5, 5.41) is 0. The lowest BCUT2D eigenvalue weighted by Gasteiger charge is -2.15. The second-order valence-electron chi connectivity index (χ2n) is 4.03. The van der Waals surface area contributed by atoms with E-state index in [0.29, 0.717) is 6.42 Å². The molecule has 0 spiro atoms. The second kappa shape index (κ2) is 8.18. The maximum Gasteiger partial charge on any atom is 0.333 e. The summed E-state index contributed by atoms with van der Waals surface area (Å²) in [6.07, 6.45) is -0.373. The average Bonchev–Trinajstić information content (AvgIpc) is 2.34. The molecule has 1 atom stereocenters. The molecular weight excluding hydrogens is 252 g/mol. The average molecular weight is 270 g/mol. The van der Waals surface area contributed by atoms with Gasteiger partial charge in [0.05, 0.1) is 0 Å². The molecule has 0 aliphatic carbocycles. The summed E-state index contributed by atoms with van der Waals surface area (Å²) in [5.41, 5.74) is 0.140. The summed E-state index contributed by atoms with van der Waals surface area (Å²) in [7, 11) is 0. The van der Waals surface area contributed by atoms with Gasteiger partial charge < -0.3 is 9.47 Å². The van der Waals surface area contributed by atoms with Crippen molar-refractivity contribution >= 4 is 23.5 Å². The Morgan fingerprint density at radius 2 is 1.74 bits per heavy atom. The van der Waals surface area contributed by atoms with Crippen LogP contribution in [0.25, 0.3) is 0 Å². The molecule has 0 bridgehead atoms. The van der Waals surface area contributed by atoms with Crippen LogP contribution in [0, 0.1) is 0 Å². The van der Waals surface area contributed by atoms with Crippen molar-refractivity contribution in [1.82, 2.24) is 0 Å².